The van der Waals surface area contributed by atoms with E-state index in [4.69, 9.17) is 4.42 Å². The SMILES string of the molecule is CNCC(C)C(=O)NC(C)c1ccco1. The molecule has 0 saturated carbocycles. The van der Waals surface area contributed by atoms with E-state index in [1.54, 1.807) is 6.26 Å². The Balaban J connectivity index is 2.44. The van der Waals surface area contributed by atoms with Gasteiger partial charge >= 0.3 is 0 Å². The lowest BCUT2D eigenvalue weighted by molar-refractivity contribution is -0.125. The molecule has 1 amide bonds. The number of amides is 1. The third-order valence-electron chi connectivity index (χ3n) is 2.29. The summed E-state index contributed by atoms with van der Waals surface area (Å²) >= 11 is 0. The minimum absolute atomic E-state index is 0.0348. The van der Waals surface area contributed by atoms with Crippen LogP contribution in [0.25, 0.3) is 0 Å². The number of hydrogen-bond acceptors (Lipinski definition) is 3. The van der Waals surface area contributed by atoms with Crippen LogP contribution >= 0.6 is 0 Å². The van der Waals surface area contributed by atoms with Crippen molar-refractivity contribution < 1.29 is 9.21 Å². The molecule has 2 N–H and O–H groups in total. The topological polar surface area (TPSA) is 54.3 Å². The van der Waals surface area contributed by atoms with E-state index >= 15 is 0 Å². The van der Waals surface area contributed by atoms with Crippen molar-refractivity contribution in [3.05, 3.63) is 24.2 Å². The molecule has 4 nitrogen and oxygen atoms in total. The monoisotopic (exact) mass is 210 g/mol. The zero-order valence-corrected chi connectivity index (χ0v) is 9.41. The summed E-state index contributed by atoms with van der Waals surface area (Å²) in [4.78, 5) is 11.6. The molecule has 1 aromatic heterocycles. The fraction of sp³-hybridized carbons (Fsp3) is 0.545. The Morgan fingerprint density at radius 3 is 2.80 bits per heavy atom. The molecule has 0 spiro atoms. The van der Waals surface area contributed by atoms with Crippen molar-refractivity contribution in [2.45, 2.75) is 19.9 Å². The maximum atomic E-state index is 11.6. The molecule has 0 radical (unpaired) electrons. The Kier molecular flexibility index (Phi) is 4.37. The van der Waals surface area contributed by atoms with Crippen LogP contribution in [0.3, 0.4) is 0 Å². The van der Waals surface area contributed by atoms with Gasteiger partial charge in [-0.05, 0) is 26.1 Å². The van der Waals surface area contributed by atoms with Gasteiger partial charge in [0.25, 0.3) is 0 Å². The summed E-state index contributed by atoms with van der Waals surface area (Å²) in [6, 6.07) is 3.59. The second kappa shape index (κ2) is 5.56. The second-order valence-corrected chi connectivity index (χ2v) is 3.70. The van der Waals surface area contributed by atoms with Gasteiger partial charge < -0.3 is 15.1 Å². The van der Waals surface area contributed by atoms with Crippen LogP contribution < -0.4 is 10.6 Å². The van der Waals surface area contributed by atoms with Crippen LogP contribution in [0.1, 0.15) is 25.6 Å². The maximum absolute atomic E-state index is 11.6. The van der Waals surface area contributed by atoms with Crippen LogP contribution in [0, 0.1) is 5.92 Å². The minimum atomic E-state index is -0.0770. The molecule has 0 fully saturated rings. The van der Waals surface area contributed by atoms with E-state index in [0.717, 1.165) is 5.76 Å². The highest BCUT2D eigenvalue weighted by Gasteiger charge is 2.16. The molecule has 84 valence electrons. The van der Waals surface area contributed by atoms with Crippen molar-refractivity contribution in [1.82, 2.24) is 10.6 Å². The molecule has 1 aromatic rings. The fourth-order valence-corrected chi connectivity index (χ4v) is 1.36. The van der Waals surface area contributed by atoms with E-state index < -0.39 is 0 Å². The van der Waals surface area contributed by atoms with Gasteiger partial charge in [-0.25, -0.2) is 0 Å². The van der Waals surface area contributed by atoms with E-state index in [9.17, 15) is 4.79 Å². The highest BCUT2D eigenvalue weighted by molar-refractivity contribution is 5.78. The normalized spacial score (nSPS) is 14.6. The van der Waals surface area contributed by atoms with Crippen molar-refractivity contribution in [1.29, 1.82) is 0 Å². The van der Waals surface area contributed by atoms with Crippen molar-refractivity contribution in [3.8, 4) is 0 Å². The van der Waals surface area contributed by atoms with Gasteiger partial charge in [0.05, 0.1) is 12.3 Å². The molecular weight excluding hydrogens is 192 g/mol. The lowest BCUT2D eigenvalue weighted by Crippen LogP contribution is -2.35. The van der Waals surface area contributed by atoms with Crippen molar-refractivity contribution in [2.24, 2.45) is 5.92 Å². The first-order valence-electron chi connectivity index (χ1n) is 5.13. The predicted octanol–water partition coefficient (Wildman–Crippen LogP) is 1.31. The average Bonchev–Trinajstić information content (AvgIpc) is 2.70. The third-order valence-corrected chi connectivity index (χ3v) is 2.29. The quantitative estimate of drug-likeness (QED) is 0.770. The minimum Gasteiger partial charge on any atom is -0.467 e. The van der Waals surface area contributed by atoms with Gasteiger partial charge in [-0.3, -0.25) is 4.79 Å². The van der Waals surface area contributed by atoms with Crippen LogP contribution in [-0.4, -0.2) is 19.5 Å². The molecule has 1 heterocycles. The van der Waals surface area contributed by atoms with Crippen LogP contribution in [0.5, 0.6) is 0 Å². The summed E-state index contributed by atoms with van der Waals surface area (Å²) in [5.74, 6) is 0.778. The van der Waals surface area contributed by atoms with E-state index in [2.05, 4.69) is 10.6 Å². The van der Waals surface area contributed by atoms with Gasteiger partial charge in [0.1, 0.15) is 5.76 Å². The highest BCUT2D eigenvalue weighted by atomic mass is 16.3. The summed E-state index contributed by atoms with van der Waals surface area (Å²) in [6.07, 6.45) is 1.61. The average molecular weight is 210 g/mol. The summed E-state index contributed by atoms with van der Waals surface area (Å²) in [5, 5.41) is 5.87. The molecule has 0 saturated heterocycles. The highest BCUT2D eigenvalue weighted by Crippen LogP contribution is 2.12. The van der Waals surface area contributed by atoms with Crippen LogP contribution in [0.2, 0.25) is 0 Å². The van der Waals surface area contributed by atoms with Crippen LogP contribution in [-0.2, 0) is 4.79 Å². The number of carbonyl (C=O) groups excluding carboxylic acids is 1. The largest absolute Gasteiger partial charge is 0.467 e. The third kappa shape index (κ3) is 3.40. The number of carbonyl (C=O) groups is 1. The lowest BCUT2D eigenvalue weighted by Gasteiger charge is -2.15. The number of hydrogen-bond donors (Lipinski definition) is 2. The molecule has 0 aliphatic heterocycles. The lowest BCUT2D eigenvalue weighted by atomic mass is 10.1. The Morgan fingerprint density at radius 2 is 2.27 bits per heavy atom. The van der Waals surface area contributed by atoms with Crippen LogP contribution in [0.4, 0.5) is 0 Å². The maximum Gasteiger partial charge on any atom is 0.224 e. The Bertz CT molecular complexity index is 296. The first kappa shape index (κ1) is 11.8. The Hall–Kier alpha value is -1.29. The van der Waals surface area contributed by atoms with Gasteiger partial charge in [-0.1, -0.05) is 6.92 Å². The molecule has 0 bridgehead atoms. The number of furan rings is 1. The van der Waals surface area contributed by atoms with Gasteiger partial charge in [-0.2, -0.15) is 0 Å². The molecule has 4 heteroatoms. The van der Waals surface area contributed by atoms with Crippen molar-refractivity contribution >= 4 is 5.91 Å². The zero-order chi connectivity index (χ0) is 11.3. The van der Waals surface area contributed by atoms with Crippen molar-refractivity contribution in [2.75, 3.05) is 13.6 Å². The van der Waals surface area contributed by atoms with Gasteiger partial charge in [-0.15, -0.1) is 0 Å². The molecule has 2 atom stereocenters. The molecule has 1 rings (SSSR count). The van der Waals surface area contributed by atoms with Gasteiger partial charge in [0, 0.05) is 12.5 Å². The van der Waals surface area contributed by atoms with E-state index in [1.807, 2.05) is 33.0 Å². The molecule has 0 aromatic carbocycles. The summed E-state index contributed by atoms with van der Waals surface area (Å²) in [5.41, 5.74) is 0. The first-order valence-corrected chi connectivity index (χ1v) is 5.13. The fourth-order valence-electron chi connectivity index (χ4n) is 1.36. The van der Waals surface area contributed by atoms with Gasteiger partial charge in [0.15, 0.2) is 0 Å². The second-order valence-electron chi connectivity index (χ2n) is 3.70. The smallest absolute Gasteiger partial charge is 0.224 e. The van der Waals surface area contributed by atoms with Crippen molar-refractivity contribution in [3.63, 3.8) is 0 Å². The molecule has 15 heavy (non-hydrogen) atoms. The van der Waals surface area contributed by atoms with E-state index in [0.29, 0.717) is 6.54 Å². The standard InChI is InChI=1S/C11H18N2O2/c1-8(7-12-3)11(14)13-9(2)10-5-4-6-15-10/h4-6,8-9,12H,7H2,1-3H3,(H,13,14). The summed E-state index contributed by atoms with van der Waals surface area (Å²) < 4.78 is 5.21. The summed E-state index contributed by atoms with van der Waals surface area (Å²) in [6.45, 7) is 4.47. The number of rotatable bonds is 5. The number of nitrogens with one attached hydrogen (secondary N) is 2. The van der Waals surface area contributed by atoms with Gasteiger partial charge in [0.2, 0.25) is 5.91 Å². The Morgan fingerprint density at radius 1 is 1.53 bits per heavy atom. The molecular formula is C11H18N2O2. The van der Waals surface area contributed by atoms with Crippen LogP contribution in [0.15, 0.2) is 22.8 Å². The predicted molar refractivity (Wildman–Crippen MR) is 58.4 cm³/mol. The zero-order valence-electron chi connectivity index (χ0n) is 9.41. The molecule has 2 unspecified atom stereocenters. The first-order chi connectivity index (χ1) is 7.15. The summed E-state index contributed by atoms with van der Waals surface area (Å²) in [7, 11) is 1.83. The Labute approximate surface area is 90.0 Å². The van der Waals surface area contributed by atoms with E-state index in [1.165, 1.54) is 0 Å². The molecule has 0 aliphatic carbocycles. The molecule has 0 aliphatic rings. The van der Waals surface area contributed by atoms with E-state index in [-0.39, 0.29) is 17.9 Å².